The van der Waals surface area contributed by atoms with Crippen LogP contribution in [-0.4, -0.2) is 35.7 Å². The molecule has 1 N–H and O–H groups in total. The molecule has 0 unspecified atom stereocenters. The number of carbonyl (C=O) groups excluding carboxylic acids is 1. The normalized spacial score (nSPS) is 11.0. The van der Waals surface area contributed by atoms with E-state index in [0.717, 1.165) is 39.1 Å². The topological polar surface area (TPSA) is 65.4 Å². The number of hydrogen-bond donors (Lipinski definition) is 1. The number of imidazole rings is 1. The van der Waals surface area contributed by atoms with E-state index in [-0.39, 0.29) is 5.91 Å². The van der Waals surface area contributed by atoms with Gasteiger partial charge in [-0.05, 0) is 47.9 Å². The largest absolute Gasteiger partial charge is 0.497 e. The minimum Gasteiger partial charge on any atom is -0.497 e. The van der Waals surface area contributed by atoms with E-state index < -0.39 is 0 Å². The molecule has 0 aliphatic rings. The van der Waals surface area contributed by atoms with Gasteiger partial charge < -0.3 is 19.4 Å². The molecule has 0 atom stereocenters. The first-order valence-corrected chi connectivity index (χ1v) is 11.7. The molecule has 5 rings (SSSR count). The van der Waals surface area contributed by atoms with Crippen LogP contribution in [0.4, 0.5) is 0 Å². The number of amides is 1. The molecule has 0 saturated heterocycles. The molecule has 1 heterocycles. The second-order valence-electron chi connectivity index (χ2n) is 8.23. The van der Waals surface area contributed by atoms with Crippen molar-refractivity contribution >= 4 is 27.7 Å². The molecule has 35 heavy (non-hydrogen) atoms. The quantitative estimate of drug-likeness (QED) is 0.323. The van der Waals surface area contributed by atoms with E-state index in [1.165, 1.54) is 0 Å². The van der Waals surface area contributed by atoms with Gasteiger partial charge in [-0.25, -0.2) is 4.98 Å². The second-order valence-corrected chi connectivity index (χ2v) is 8.23. The second kappa shape index (κ2) is 10.3. The van der Waals surface area contributed by atoms with Crippen molar-refractivity contribution in [2.24, 2.45) is 0 Å². The third-order valence-electron chi connectivity index (χ3n) is 6.04. The van der Waals surface area contributed by atoms with E-state index in [4.69, 9.17) is 14.5 Å². The van der Waals surface area contributed by atoms with Gasteiger partial charge in [0.25, 0.3) is 5.91 Å². The van der Waals surface area contributed by atoms with Crippen LogP contribution in [0.5, 0.6) is 11.5 Å². The average molecular weight is 466 g/mol. The van der Waals surface area contributed by atoms with Gasteiger partial charge in [0.2, 0.25) is 0 Å². The monoisotopic (exact) mass is 465 g/mol. The van der Waals surface area contributed by atoms with Crippen LogP contribution >= 0.6 is 0 Å². The van der Waals surface area contributed by atoms with Crippen molar-refractivity contribution in [1.82, 2.24) is 14.9 Å². The molecule has 5 aromatic rings. The Balaban J connectivity index is 1.26. The number of para-hydroxylation sites is 2. The minimum atomic E-state index is -0.116. The lowest BCUT2D eigenvalue weighted by atomic mass is 10.1. The number of carbonyl (C=O) groups is 1. The highest BCUT2D eigenvalue weighted by molar-refractivity contribution is 5.94. The fourth-order valence-electron chi connectivity index (χ4n) is 4.27. The van der Waals surface area contributed by atoms with E-state index >= 15 is 0 Å². The number of nitrogens with zero attached hydrogens (tertiary/aromatic N) is 2. The van der Waals surface area contributed by atoms with Crippen LogP contribution in [0, 0.1) is 0 Å². The van der Waals surface area contributed by atoms with Crippen molar-refractivity contribution in [1.29, 1.82) is 0 Å². The van der Waals surface area contributed by atoms with Crippen molar-refractivity contribution < 1.29 is 14.3 Å². The lowest BCUT2D eigenvalue weighted by Gasteiger charge is -2.13. The maximum Gasteiger partial charge on any atom is 0.251 e. The van der Waals surface area contributed by atoms with Crippen LogP contribution in [0.1, 0.15) is 16.2 Å². The van der Waals surface area contributed by atoms with Crippen LogP contribution in [0.3, 0.4) is 0 Å². The van der Waals surface area contributed by atoms with E-state index in [0.29, 0.717) is 31.7 Å². The Bertz CT molecular complexity index is 1450. The van der Waals surface area contributed by atoms with E-state index in [1.54, 1.807) is 31.4 Å². The van der Waals surface area contributed by atoms with Gasteiger partial charge in [-0.3, -0.25) is 4.79 Å². The summed E-state index contributed by atoms with van der Waals surface area (Å²) in [5, 5.41) is 5.26. The number of rotatable bonds is 9. The first kappa shape index (κ1) is 22.5. The number of nitrogens with one attached hydrogen (secondary N) is 1. The molecule has 0 saturated carbocycles. The molecule has 0 fully saturated rings. The number of methoxy groups -OCH3 is 1. The van der Waals surface area contributed by atoms with Crippen LogP contribution < -0.4 is 14.8 Å². The number of benzene rings is 4. The van der Waals surface area contributed by atoms with E-state index in [2.05, 4.69) is 34.1 Å². The maximum absolute atomic E-state index is 12.5. The summed E-state index contributed by atoms with van der Waals surface area (Å²) in [4.78, 5) is 17.3. The molecule has 6 heteroatoms. The van der Waals surface area contributed by atoms with Crippen molar-refractivity contribution in [2.45, 2.75) is 13.0 Å². The summed E-state index contributed by atoms with van der Waals surface area (Å²) in [6.07, 6.45) is 0.616. The standard InChI is InChI=1S/C29H27N3O3/c1-34-23-15-13-22(14-16-23)29(33)30-18-17-28-31-25-10-4-5-11-26(25)32(28)19-20-35-27-12-6-8-21-7-2-3-9-24(21)27/h2-16H,17-20H2,1H3,(H,30,33). The molecule has 0 spiro atoms. The summed E-state index contributed by atoms with van der Waals surface area (Å²) < 4.78 is 13.5. The highest BCUT2D eigenvalue weighted by atomic mass is 16.5. The molecule has 0 bridgehead atoms. The first-order chi connectivity index (χ1) is 17.2. The zero-order valence-corrected chi connectivity index (χ0v) is 19.6. The molecular formula is C29H27N3O3. The van der Waals surface area contributed by atoms with Crippen molar-refractivity contribution in [3.8, 4) is 11.5 Å². The fraction of sp³-hybridized carbons (Fsp3) is 0.172. The zero-order chi connectivity index (χ0) is 24.0. The van der Waals surface area contributed by atoms with E-state index in [9.17, 15) is 4.79 Å². The molecule has 176 valence electrons. The van der Waals surface area contributed by atoms with Crippen LogP contribution in [0.15, 0.2) is 91.0 Å². The van der Waals surface area contributed by atoms with Crippen molar-refractivity contribution in [3.63, 3.8) is 0 Å². The van der Waals surface area contributed by atoms with Crippen LogP contribution in [0.2, 0.25) is 0 Å². The van der Waals surface area contributed by atoms with Gasteiger partial charge in [0, 0.05) is 23.9 Å². The average Bonchev–Trinajstić information content (AvgIpc) is 3.26. The Morgan fingerprint density at radius 2 is 1.69 bits per heavy atom. The predicted molar refractivity (Wildman–Crippen MR) is 138 cm³/mol. The lowest BCUT2D eigenvalue weighted by molar-refractivity contribution is 0.0954. The summed E-state index contributed by atoms with van der Waals surface area (Å²) in [6.45, 7) is 1.66. The maximum atomic E-state index is 12.5. The van der Waals surface area contributed by atoms with Gasteiger partial charge in [0.15, 0.2) is 0 Å². The zero-order valence-electron chi connectivity index (χ0n) is 19.6. The Morgan fingerprint density at radius 1 is 0.914 bits per heavy atom. The molecular weight excluding hydrogens is 438 g/mol. The molecule has 0 radical (unpaired) electrons. The van der Waals surface area contributed by atoms with Crippen molar-refractivity contribution in [2.75, 3.05) is 20.3 Å². The first-order valence-electron chi connectivity index (χ1n) is 11.7. The molecule has 1 amide bonds. The number of aromatic nitrogens is 2. The van der Waals surface area contributed by atoms with Gasteiger partial charge in [0.05, 0.1) is 24.7 Å². The Kier molecular flexibility index (Phi) is 6.61. The molecule has 4 aromatic carbocycles. The molecule has 0 aliphatic heterocycles. The molecule has 1 aromatic heterocycles. The van der Waals surface area contributed by atoms with Crippen molar-refractivity contribution in [3.05, 3.63) is 102 Å². The van der Waals surface area contributed by atoms with Crippen LogP contribution in [-0.2, 0) is 13.0 Å². The highest BCUT2D eigenvalue weighted by Gasteiger charge is 2.12. The predicted octanol–water partition coefficient (Wildman–Crippen LogP) is 5.25. The Labute approximate surface area is 204 Å². The fourth-order valence-corrected chi connectivity index (χ4v) is 4.27. The summed E-state index contributed by atoms with van der Waals surface area (Å²) in [5.74, 6) is 2.40. The van der Waals surface area contributed by atoms with Crippen LogP contribution in [0.25, 0.3) is 21.8 Å². The SMILES string of the molecule is COc1ccc(C(=O)NCCc2nc3ccccc3n2CCOc2cccc3ccccc23)cc1. The lowest BCUT2D eigenvalue weighted by Crippen LogP contribution is -2.26. The summed E-state index contributed by atoms with van der Waals surface area (Å²) in [6, 6.07) is 29.5. The Morgan fingerprint density at radius 3 is 2.54 bits per heavy atom. The number of fused-ring (bicyclic) bond motifs is 2. The number of hydrogen-bond acceptors (Lipinski definition) is 4. The summed E-state index contributed by atoms with van der Waals surface area (Å²) in [7, 11) is 1.61. The molecule has 6 nitrogen and oxygen atoms in total. The smallest absolute Gasteiger partial charge is 0.251 e. The highest BCUT2D eigenvalue weighted by Crippen LogP contribution is 2.25. The molecule has 0 aliphatic carbocycles. The van der Waals surface area contributed by atoms with Gasteiger partial charge in [0.1, 0.15) is 23.9 Å². The van der Waals surface area contributed by atoms with Gasteiger partial charge in [-0.15, -0.1) is 0 Å². The minimum absolute atomic E-state index is 0.116. The van der Waals surface area contributed by atoms with Gasteiger partial charge in [-0.2, -0.15) is 0 Å². The third-order valence-corrected chi connectivity index (χ3v) is 6.04. The van der Waals surface area contributed by atoms with E-state index in [1.807, 2.05) is 42.5 Å². The van der Waals surface area contributed by atoms with Gasteiger partial charge >= 0.3 is 0 Å². The summed E-state index contributed by atoms with van der Waals surface area (Å²) >= 11 is 0. The summed E-state index contributed by atoms with van der Waals surface area (Å²) in [5.41, 5.74) is 2.60. The third kappa shape index (κ3) is 4.96. The number of ether oxygens (including phenoxy) is 2. The Hall–Kier alpha value is -4.32. The van der Waals surface area contributed by atoms with Gasteiger partial charge in [-0.1, -0.05) is 48.5 Å².